The molecule has 0 N–H and O–H groups in total. The highest BCUT2D eigenvalue weighted by molar-refractivity contribution is 9.09. The van der Waals surface area contributed by atoms with Crippen molar-refractivity contribution < 1.29 is 4.74 Å². The Labute approximate surface area is 134 Å². The van der Waals surface area contributed by atoms with Gasteiger partial charge < -0.3 is 4.74 Å². The fourth-order valence-corrected chi connectivity index (χ4v) is 3.34. The number of rotatable bonds is 7. The minimum absolute atomic E-state index is 0.00338. The Balaban J connectivity index is 2.19. The van der Waals surface area contributed by atoms with Crippen molar-refractivity contribution in [3.8, 4) is 0 Å². The third kappa shape index (κ3) is 4.08. The van der Waals surface area contributed by atoms with Crippen LogP contribution >= 0.6 is 15.9 Å². The lowest BCUT2D eigenvalue weighted by atomic mass is 10.3. The van der Waals surface area contributed by atoms with Crippen molar-refractivity contribution in [3.63, 3.8) is 0 Å². The van der Waals surface area contributed by atoms with Gasteiger partial charge in [0.25, 0.3) is 0 Å². The second kappa shape index (κ2) is 6.94. The molecular weight excluding hydrogens is 348 g/mol. The number of imidazole rings is 1. The lowest BCUT2D eigenvalue weighted by Gasteiger charge is -2.15. The van der Waals surface area contributed by atoms with Crippen LogP contribution in [0.15, 0.2) is 29.1 Å². The molecule has 21 heavy (non-hydrogen) atoms. The number of para-hydroxylation sites is 2. The van der Waals surface area contributed by atoms with Crippen LogP contribution in [0.3, 0.4) is 0 Å². The van der Waals surface area contributed by atoms with Crippen LogP contribution in [0.5, 0.6) is 0 Å². The van der Waals surface area contributed by atoms with Crippen molar-refractivity contribution in [2.24, 2.45) is 0 Å². The maximum absolute atomic E-state index is 12.5. The highest BCUT2D eigenvalue weighted by atomic mass is 79.9. The summed E-state index contributed by atoms with van der Waals surface area (Å²) in [5.41, 5.74) is 1.91. The summed E-state index contributed by atoms with van der Waals surface area (Å²) in [6.07, 6.45) is 0. The second-order valence-corrected chi connectivity index (χ2v) is 12.8. The van der Waals surface area contributed by atoms with Gasteiger partial charge >= 0.3 is 5.69 Å². The number of hydrogen-bond acceptors (Lipinski definition) is 2. The molecule has 0 fully saturated rings. The Hall–Kier alpha value is -0.853. The van der Waals surface area contributed by atoms with Crippen LogP contribution in [0.2, 0.25) is 25.7 Å². The Bertz CT molecular complexity index is 658. The van der Waals surface area contributed by atoms with E-state index in [-0.39, 0.29) is 5.69 Å². The van der Waals surface area contributed by atoms with Gasteiger partial charge in [0.15, 0.2) is 0 Å². The van der Waals surface area contributed by atoms with Gasteiger partial charge in [-0.15, -0.1) is 0 Å². The SMILES string of the molecule is C[Si](C)(C)CCOCn1c(=O)n(CCBr)c2ccccc21. The first-order chi connectivity index (χ1) is 9.94. The highest BCUT2D eigenvalue weighted by Gasteiger charge is 2.14. The Morgan fingerprint density at radius 3 is 2.33 bits per heavy atom. The van der Waals surface area contributed by atoms with E-state index >= 15 is 0 Å². The van der Waals surface area contributed by atoms with Gasteiger partial charge in [0, 0.05) is 26.6 Å². The number of nitrogens with zero attached hydrogens (tertiary/aromatic N) is 2. The summed E-state index contributed by atoms with van der Waals surface area (Å²) in [7, 11) is -1.09. The van der Waals surface area contributed by atoms with Crippen LogP contribution in [0.1, 0.15) is 0 Å². The molecule has 0 aliphatic heterocycles. The molecule has 1 heterocycles. The molecule has 0 aliphatic carbocycles. The maximum Gasteiger partial charge on any atom is 0.331 e. The van der Waals surface area contributed by atoms with Gasteiger partial charge in [-0.3, -0.25) is 9.13 Å². The average molecular weight is 371 g/mol. The van der Waals surface area contributed by atoms with E-state index in [2.05, 4.69) is 35.6 Å². The molecule has 0 unspecified atom stereocenters. The van der Waals surface area contributed by atoms with Crippen LogP contribution in [-0.4, -0.2) is 29.1 Å². The van der Waals surface area contributed by atoms with Gasteiger partial charge in [-0.2, -0.15) is 0 Å². The van der Waals surface area contributed by atoms with Crippen molar-refractivity contribution in [2.45, 2.75) is 39.0 Å². The fraction of sp³-hybridized carbons (Fsp3) is 0.533. The van der Waals surface area contributed by atoms with E-state index in [0.717, 1.165) is 29.0 Å². The largest absolute Gasteiger partial charge is 0.361 e. The smallest absolute Gasteiger partial charge is 0.331 e. The second-order valence-electron chi connectivity index (χ2n) is 6.39. The van der Waals surface area contributed by atoms with E-state index in [1.54, 1.807) is 9.13 Å². The normalized spacial score (nSPS) is 12.2. The minimum Gasteiger partial charge on any atom is -0.361 e. The molecule has 0 aliphatic rings. The molecule has 6 heteroatoms. The first-order valence-corrected chi connectivity index (χ1v) is 12.1. The van der Waals surface area contributed by atoms with Crippen molar-refractivity contribution in [1.82, 2.24) is 9.13 Å². The zero-order valence-electron chi connectivity index (χ0n) is 12.9. The Kier molecular flexibility index (Phi) is 5.46. The topological polar surface area (TPSA) is 36.2 Å². The molecule has 1 aromatic heterocycles. The number of benzene rings is 1. The van der Waals surface area contributed by atoms with Crippen molar-refractivity contribution >= 4 is 35.0 Å². The number of hydrogen-bond donors (Lipinski definition) is 0. The zero-order valence-corrected chi connectivity index (χ0v) is 15.5. The lowest BCUT2D eigenvalue weighted by Crippen LogP contribution is -2.27. The molecule has 0 radical (unpaired) electrons. The van der Waals surface area contributed by atoms with Crippen molar-refractivity contribution in [2.75, 3.05) is 11.9 Å². The van der Waals surface area contributed by atoms with E-state index in [1.807, 2.05) is 24.3 Å². The summed E-state index contributed by atoms with van der Waals surface area (Å²) in [5, 5.41) is 0.761. The van der Waals surface area contributed by atoms with Crippen molar-refractivity contribution in [1.29, 1.82) is 0 Å². The first kappa shape index (κ1) is 16.5. The summed E-state index contributed by atoms with van der Waals surface area (Å²) in [6.45, 7) is 8.69. The van der Waals surface area contributed by atoms with E-state index in [4.69, 9.17) is 4.74 Å². The van der Waals surface area contributed by atoms with Gasteiger partial charge in [-0.1, -0.05) is 47.7 Å². The fourth-order valence-electron chi connectivity index (χ4n) is 2.23. The Morgan fingerprint density at radius 1 is 1.14 bits per heavy atom. The molecule has 1 aromatic carbocycles. The standard InChI is InChI=1S/C15H23BrN2O2Si/c1-21(2,3)11-10-20-12-18-14-7-5-4-6-13(14)17(9-8-16)15(18)19/h4-7H,8-12H2,1-3H3. The Morgan fingerprint density at radius 2 is 1.76 bits per heavy atom. The molecule has 0 amide bonds. The minimum atomic E-state index is -1.09. The summed E-state index contributed by atoms with van der Waals surface area (Å²) < 4.78 is 9.27. The quantitative estimate of drug-likeness (QED) is 0.424. The van der Waals surface area contributed by atoms with Crippen LogP contribution in [0, 0.1) is 0 Å². The lowest BCUT2D eigenvalue weighted by molar-refractivity contribution is 0.0872. The molecule has 0 spiro atoms. The maximum atomic E-state index is 12.5. The summed E-state index contributed by atoms with van der Waals surface area (Å²) in [6, 6.07) is 8.99. The summed E-state index contributed by atoms with van der Waals surface area (Å²) >= 11 is 3.41. The number of fused-ring (bicyclic) bond motifs is 1. The molecule has 2 rings (SSSR count). The van der Waals surface area contributed by atoms with Gasteiger partial charge in [0.05, 0.1) is 11.0 Å². The highest BCUT2D eigenvalue weighted by Crippen LogP contribution is 2.14. The van der Waals surface area contributed by atoms with Crippen molar-refractivity contribution in [3.05, 3.63) is 34.7 Å². The van der Waals surface area contributed by atoms with E-state index in [0.29, 0.717) is 13.3 Å². The molecule has 0 saturated heterocycles. The predicted octanol–water partition coefficient (Wildman–Crippen LogP) is 3.51. The molecule has 0 saturated carbocycles. The molecule has 0 atom stereocenters. The summed E-state index contributed by atoms with van der Waals surface area (Å²) in [4.78, 5) is 12.5. The summed E-state index contributed by atoms with van der Waals surface area (Å²) in [5.74, 6) is 0. The predicted molar refractivity (Wildman–Crippen MR) is 94.1 cm³/mol. The monoisotopic (exact) mass is 370 g/mol. The van der Waals surface area contributed by atoms with Crippen LogP contribution in [0.25, 0.3) is 11.0 Å². The van der Waals surface area contributed by atoms with Crippen LogP contribution < -0.4 is 5.69 Å². The third-order valence-corrected chi connectivity index (χ3v) is 5.51. The molecular formula is C15H23BrN2O2Si. The molecule has 4 nitrogen and oxygen atoms in total. The number of ether oxygens (including phenoxy) is 1. The number of halogens is 1. The van der Waals surface area contributed by atoms with E-state index in [9.17, 15) is 4.79 Å². The van der Waals surface area contributed by atoms with Gasteiger partial charge in [0.2, 0.25) is 0 Å². The third-order valence-electron chi connectivity index (χ3n) is 3.45. The number of alkyl halides is 1. The van der Waals surface area contributed by atoms with Crippen LogP contribution in [-0.2, 0) is 18.0 Å². The molecule has 116 valence electrons. The zero-order chi connectivity index (χ0) is 15.5. The van der Waals surface area contributed by atoms with Gasteiger partial charge in [-0.05, 0) is 18.2 Å². The van der Waals surface area contributed by atoms with E-state index < -0.39 is 8.07 Å². The van der Waals surface area contributed by atoms with Crippen LogP contribution in [0.4, 0.5) is 0 Å². The van der Waals surface area contributed by atoms with E-state index in [1.165, 1.54) is 0 Å². The average Bonchev–Trinajstić information content (AvgIpc) is 2.68. The molecule has 2 aromatic rings. The molecule has 0 bridgehead atoms. The van der Waals surface area contributed by atoms with Gasteiger partial charge in [0.1, 0.15) is 6.73 Å². The first-order valence-electron chi connectivity index (χ1n) is 7.26. The number of aryl methyl sites for hydroxylation is 1. The number of aromatic nitrogens is 2. The van der Waals surface area contributed by atoms with Gasteiger partial charge in [-0.25, -0.2) is 4.79 Å².